The minimum Gasteiger partial charge on any atom is -0.469 e. The van der Waals surface area contributed by atoms with E-state index in [0.29, 0.717) is 6.29 Å². The highest BCUT2D eigenvalue weighted by Crippen LogP contribution is 2.39. The van der Waals surface area contributed by atoms with E-state index in [1.54, 1.807) is 0 Å². The Kier molecular flexibility index (Phi) is 3.18. The molecule has 0 spiro atoms. The number of rotatable bonds is 2. The van der Waals surface area contributed by atoms with Crippen molar-refractivity contribution in [2.45, 2.75) is 25.2 Å². The number of hydrogen-bond donors (Lipinski definition) is 0. The fourth-order valence-electron chi connectivity index (χ4n) is 1.73. The molecular formula is C9H12F2O3. The zero-order chi connectivity index (χ0) is 10.8. The molecule has 0 aromatic heterocycles. The van der Waals surface area contributed by atoms with Crippen LogP contribution in [0.25, 0.3) is 0 Å². The third-order valence-corrected chi connectivity index (χ3v) is 2.56. The Bertz CT molecular complexity index is 240. The monoisotopic (exact) mass is 206 g/mol. The highest BCUT2D eigenvalue weighted by atomic mass is 19.3. The van der Waals surface area contributed by atoms with Gasteiger partial charge in [0.1, 0.15) is 6.29 Å². The lowest BCUT2D eigenvalue weighted by Crippen LogP contribution is -2.38. The van der Waals surface area contributed by atoms with Gasteiger partial charge in [-0.15, -0.1) is 0 Å². The van der Waals surface area contributed by atoms with Gasteiger partial charge in [0.15, 0.2) is 0 Å². The Balaban J connectivity index is 2.75. The number of halogens is 2. The zero-order valence-electron chi connectivity index (χ0n) is 7.83. The van der Waals surface area contributed by atoms with Crippen LogP contribution in [0.2, 0.25) is 0 Å². The van der Waals surface area contributed by atoms with Gasteiger partial charge in [0.2, 0.25) is 5.92 Å². The summed E-state index contributed by atoms with van der Waals surface area (Å²) in [7, 11) is 1.14. The average Bonchev–Trinajstić information content (AvgIpc) is 2.15. The van der Waals surface area contributed by atoms with Crippen LogP contribution in [-0.2, 0) is 14.3 Å². The molecule has 0 amide bonds. The second-order valence-corrected chi connectivity index (χ2v) is 3.53. The Hall–Kier alpha value is -1.00. The van der Waals surface area contributed by atoms with Gasteiger partial charge in [0.25, 0.3) is 0 Å². The van der Waals surface area contributed by atoms with Crippen LogP contribution in [0.1, 0.15) is 19.3 Å². The molecule has 1 aliphatic rings. The van der Waals surface area contributed by atoms with Crippen LogP contribution in [0.4, 0.5) is 8.78 Å². The van der Waals surface area contributed by atoms with Crippen LogP contribution in [0.15, 0.2) is 0 Å². The number of esters is 1. The molecule has 0 bridgehead atoms. The summed E-state index contributed by atoms with van der Waals surface area (Å²) in [6, 6.07) is 0. The Morgan fingerprint density at radius 3 is 2.71 bits per heavy atom. The van der Waals surface area contributed by atoms with Gasteiger partial charge in [-0.2, -0.15) is 0 Å². The number of carbonyl (C=O) groups is 2. The minimum atomic E-state index is -2.85. The first-order valence-electron chi connectivity index (χ1n) is 4.41. The van der Waals surface area contributed by atoms with Gasteiger partial charge in [-0.05, 0) is 6.42 Å². The van der Waals surface area contributed by atoms with E-state index < -0.39 is 30.1 Å². The first-order valence-corrected chi connectivity index (χ1v) is 4.41. The van der Waals surface area contributed by atoms with E-state index in [9.17, 15) is 18.4 Å². The van der Waals surface area contributed by atoms with E-state index in [1.165, 1.54) is 0 Å². The van der Waals surface area contributed by atoms with Crippen LogP contribution in [0.5, 0.6) is 0 Å². The summed E-state index contributed by atoms with van der Waals surface area (Å²) < 4.78 is 30.3. The normalized spacial score (nSPS) is 30.8. The van der Waals surface area contributed by atoms with Gasteiger partial charge in [-0.1, -0.05) is 0 Å². The summed E-state index contributed by atoms with van der Waals surface area (Å²) in [5.41, 5.74) is 0. The first-order chi connectivity index (χ1) is 6.50. The van der Waals surface area contributed by atoms with E-state index in [-0.39, 0.29) is 12.8 Å². The zero-order valence-corrected chi connectivity index (χ0v) is 7.83. The average molecular weight is 206 g/mol. The Morgan fingerprint density at radius 1 is 1.57 bits per heavy atom. The standard InChI is InChI=1S/C9H12F2O3/c1-14-8(13)7-4-9(10,11)3-2-6(7)5-12/h5-7H,2-4H2,1H3. The molecule has 14 heavy (non-hydrogen) atoms. The lowest BCUT2D eigenvalue weighted by atomic mass is 9.78. The summed E-state index contributed by atoms with van der Waals surface area (Å²) in [6.45, 7) is 0. The number of ether oxygens (including phenoxy) is 1. The number of alkyl halides is 2. The Morgan fingerprint density at radius 2 is 2.21 bits per heavy atom. The van der Waals surface area contributed by atoms with Gasteiger partial charge in [0, 0.05) is 18.8 Å². The van der Waals surface area contributed by atoms with Crippen molar-refractivity contribution in [2.24, 2.45) is 11.8 Å². The summed E-state index contributed by atoms with van der Waals surface area (Å²) >= 11 is 0. The van der Waals surface area contributed by atoms with Crippen LogP contribution in [0.3, 0.4) is 0 Å². The molecule has 0 heterocycles. The quantitative estimate of drug-likeness (QED) is 0.506. The molecule has 1 rings (SSSR count). The first kappa shape index (κ1) is 11.1. The SMILES string of the molecule is COC(=O)C1CC(F)(F)CCC1C=O. The maximum Gasteiger partial charge on any atom is 0.309 e. The third-order valence-electron chi connectivity index (χ3n) is 2.56. The van der Waals surface area contributed by atoms with Crippen molar-refractivity contribution in [3.8, 4) is 0 Å². The van der Waals surface area contributed by atoms with Crippen LogP contribution < -0.4 is 0 Å². The third kappa shape index (κ3) is 2.27. The predicted molar refractivity (Wildman–Crippen MR) is 43.9 cm³/mol. The van der Waals surface area contributed by atoms with E-state index in [1.807, 2.05) is 0 Å². The van der Waals surface area contributed by atoms with Crippen molar-refractivity contribution < 1.29 is 23.1 Å². The van der Waals surface area contributed by atoms with Crippen molar-refractivity contribution in [2.75, 3.05) is 7.11 Å². The van der Waals surface area contributed by atoms with Crippen LogP contribution >= 0.6 is 0 Å². The van der Waals surface area contributed by atoms with Gasteiger partial charge in [-0.3, -0.25) is 4.79 Å². The largest absolute Gasteiger partial charge is 0.469 e. The topological polar surface area (TPSA) is 43.4 Å². The summed E-state index contributed by atoms with van der Waals surface area (Å²) in [4.78, 5) is 21.7. The lowest BCUT2D eigenvalue weighted by molar-refractivity contribution is -0.158. The van der Waals surface area contributed by atoms with Crippen LogP contribution in [-0.4, -0.2) is 25.3 Å². The molecule has 0 N–H and O–H groups in total. The molecule has 80 valence electrons. The van der Waals surface area contributed by atoms with Crippen molar-refractivity contribution >= 4 is 12.3 Å². The molecule has 5 heteroatoms. The lowest BCUT2D eigenvalue weighted by Gasteiger charge is -2.31. The molecular weight excluding hydrogens is 194 g/mol. The van der Waals surface area contributed by atoms with Gasteiger partial charge < -0.3 is 9.53 Å². The van der Waals surface area contributed by atoms with E-state index in [2.05, 4.69) is 4.74 Å². The summed E-state index contributed by atoms with van der Waals surface area (Å²) in [5, 5.41) is 0. The second kappa shape index (κ2) is 4.02. The maximum atomic E-state index is 12.9. The van der Waals surface area contributed by atoms with Crippen molar-refractivity contribution in [3.63, 3.8) is 0 Å². The Labute approximate surface area is 80.4 Å². The van der Waals surface area contributed by atoms with Gasteiger partial charge in [0.05, 0.1) is 13.0 Å². The predicted octanol–water partition coefficient (Wildman–Crippen LogP) is 1.41. The highest BCUT2D eigenvalue weighted by molar-refractivity contribution is 5.77. The van der Waals surface area contributed by atoms with E-state index in [4.69, 9.17) is 0 Å². The van der Waals surface area contributed by atoms with Crippen molar-refractivity contribution in [1.82, 2.24) is 0 Å². The molecule has 0 radical (unpaired) electrons. The molecule has 0 aromatic rings. The maximum absolute atomic E-state index is 12.9. The van der Waals surface area contributed by atoms with Crippen molar-refractivity contribution in [3.05, 3.63) is 0 Å². The number of aldehydes is 1. The smallest absolute Gasteiger partial charge is 0.309 e. The molecule has 1 aliphatic carbocycles. The fourth-order valence-corrected chi connectivity index (χ4v) is 1.73. The molecule has 2 atom stereocenters. The molecule has 1 fully saturated rings. The van der Waals surface area contributed by atoms with Gasteiger partial charge >= 0.3 is 5.97 Å². The number of methoxy groups -OCH3 is 1. The number of carbonyl (C=O) groups excluding carboxylic acids is 2. The van der Waals surface area contributed by atoms with E-state index in [0.717, 1.165) is 7.11 Å². The summed E-state index contributed by atoms with van der Waals surface area (Å²) in [6.07, 6.45) is -0.292. The molecule has 3 nitrogen and oxygen atoms in total. The highest BCUT2D eigenvalue weighted by Gasteiger charge is 2.44. The molecule has 0 aliphatic heterocycles. The van der Waals surface area contributed by atoms with Crippen LogP contribution in [0, 0.1) is 11.8 Å². The minimum absolute atomic E-state index is 0.0519. The van der Waals surface area contributed by atoms with Crippen molar-refractivity contribution in [1.29, 1.82) is 0 Å². The second-order valence-electron chi connectivity index (χ2n) is 3.53. The van der Waals surface area contributed by atoms with Gasteiger partial charge in [-0.25, -0.2) is 8.78 Å². The molecule has 0 saturated heterocycles. The molecule has 0 aromatic carbocycles. The molecule has 1 saturated carbocycles. The fraction of sp³-hybridized carbons (Fsp3) is 0.778. The molecule has 2 unspecified atom stereocenters. The summed E-state index contributed by atoms with van der Waals surface area (Å²) in [5.74, 6) is -5.18. The number of hydrogen-bond acceptors (Lipinski definition) is 3. The van der Waals surface area contributed by atoms with E-state index >= 15 is 0 Å².